The molecule has 0 saturated heterocycles. The smallest absolute Gasteiger partial charge is 0.243 e. The number of carbonyl (C=O) groups is 2. The van der Waals surface area contributed by atoms with Gasteiger partial charge in [0.1, 0.15) is 5.15 Å². The second-order valence-electron chi connectivity index (χ2n) is 8.29. The van der Waals surface area contributed by atoms with Crippen molar-refractivity contribution in [1.29, 1.82) is 0 Å². The van der Waals surface area contributed by atoms with Crippen molar-refractivity contribution in [1.82, 2.24) is 10.3 Å². The zero-order chi connectivity index (χ0) is 17.4. The van der Waals surface area contributed by atoms with Gasteiger partial charge in [0.15, 0.2) is 0 Å². The number of nitrogens with one attached hydrogen (secondary N) is 2. The van der Waals surface area contributed by atoms with Crippen LogP contribution in [0, 0.1) is 23.2 Å². The molecule has 0 atom stereocenters. The fourth-order valence-electron chi connectivity index (χ4n) is 5.74. The molecule has 0 aliphatic heterocycles. The summed E-state index contributed by atoms with van der Waals surface area (Å²) in [7, 11) is 0. The van der Waals surface area contributed by atoms with Gasteiger partial charge < -0.3 is 10.6 Å². The van der Waals surface area contributed by atoms with Gasteiger partial charge in [-0.25, -0.2) is 4.98 Å². The molecule has 1 aromatic rings. The van der Waals surface area contributed by atoms with Crippen LogP contribution in [0.1, 0.15) is 44.9 Å². The Kier molecular flexibility index (Phi) is 4.44. The minimum Gasteiger partial charge on any atom is -0.347 e. The van der Waals surface area contributed by atoms with E-state index >= 15 is 0 Å². The van der Waals surface area contributed by atoms with Crippen LogP contribution in [0.2, 0.25) is 5.15 Å². The van der Waals surface area contributed by atoms with E-state index in [1.807, 2.05) is 0 Å². The molecule has 2 amide bonds. The van der Waals surface area contributed by atoms with Gasteiger partial charge >= 0.3 is 0 Å². The van der Waals surface area contributed by atoms with Crippen LogP contribution in [0.4, 0.5) is 5.69 Å². The molecule has 5 nitrogen and oxygen atoms in total. The Bertz CT molecular complexity index is 638. The first kappa shape index (κ1) is 16.8. The van der Waals surface area contributed by atoms with Crippen molar-refractivity contribution in [2.75, 3.05) is 11.9 Å². The van der Waals surface area contributed by atoms with Crippen LogP contribution < -0.4 is 10.6 Å². The third-order valence-electron chi connectivity index (χ3n) is 6.16. The molecule has 5 rings (SSSR count). The lowest BCUT2D eigenvalue weighted by Gasteiger charge is -2.56. The summed E-state index contributed by atoms with van der Waals surface area (Å²) in [5.41, 5.74) is 0.778. The highest BCUT2D eigenvalue weighted by atomic mass is 35.5. The van der Waals surface area contributed by atoms with E-state index in [0.717, 1.165) is 17.8 Å². The lowest BCUT2D eigenvalue weighted by Crippen LogP contribution is -2.48. The number of hydrogen-bond acceptors (Lipinski definition) is 3. The number of aromatic nitrogens is 1. The molecule has 2 N–H and O–H groups in total. The molecule has 4 aliphatic rings. The van der Waals surface area contributed by atoms with Gasteiger partial charge in [-0.05, 0) is 73.8 Å². The van der Waals surface area contributed by atoms with Gasteiger partial charge in [0, 0.05) is 6.42 Å². The predicted molar refractivity (Wildman–Crippen MR) is 96.1 cm³/mol. The van der Waals surface area contributed by atoms with Crippen LogP contribution in [0.3, 0.4) is 0 Å². The minimum absolute atomic E-state index is 0.00586. The van der Waals surface area contributed by atoms with Gasteiger partial charge in [-0.1, -0.05) is 11.6 Å². The molecule has 4 aliphatic carbocycles. The maximum atomic E-state index is 12.4. The number of halogens is 1. The molecule has 4 fully saturated rings. The summed E-state index contributed by atoms with van der Waals surface area (Å²) in [5.74, 6) is 2.26. The zero-order valence-electron chi connectivity index (χ0n) is 14.3. The highest BCUT2D eigenvalue weighted by Crippen LogP contribution is 2.61. The number of pyridine rings is 1. The number of carbonyl (C=O) groups excluding carboxylic acids is 2. The number of nitrogens with zero attached hydrogens (tertiary/aromatic N) is 1. The quantitative estimate of drug-likeness (QED) is 0.789. The third-order valence-corrected chi connectivity index (χ3v) is 6.38. The lowest BCUT2D eigenvalue weighted by molar-refractivity contribution is -0.131. The number of hydrogen-bond donors (Lipinski definition) is 2. The maximum Gasteiger partial charge on any atom is 0.243 e. The van der Waals surface area contributed by atoms with Crippen LogP contribution in [0.15, 0.2) is 18.3 Å². The average Bonchev–Trinajstić information content (AvgIpc) is 2.53. The molecule has 6 heteroatoms. The monoisotopic (exact) mass is 361 g/mol. The lowest BCUT2D eigenvalue weighted by atomic mass is 9.49. The van der Waals surface area contributed by atoms with E-state index < -0.39 is 0 Å². The van der Waals surface area contributed by atoms with E-state index in [0.29, 0.717) is 17.3 Å². The Morgan fingerprint density at radius 3 is 2.28 bits per heavy atom. The van der Waals surface area contributed by atoms with Crippen molar-refractivity contribution in [3.8, 4) is 0 Å². The van der Waals surface area contributed by atoms with E-state index in [1.54, 1.807) is 12.1 Å². The third kappa shape index (κ3) is 3.81. The van der Waals surface area contributed by atoms with E-state index in [-0.39, 0.29) is 23.8 Å². The largest absolute Gasteiger partial charge is 0.347 e. The standard InChI is InChI=1S/C19H24ClN3O2/c20-16-2-1-15(10-21-16)23-18(25)11-22-17(24)9-19-6-12-3-13(7-19)5-14(4-12)8-19/h1-2,10,12-14H,3-9,11H2,(H,22,24)(H,23,25). The summed E-state index contributed by atoms with van der Waals surface area (Å²) in [5, 5.41) is 5.88. The van der Waals surface area contributed by atoms with Crippen LogP contribution in [-0.4, -0.2) is 23.3 Å². The molecule has 1 heterocycles. The molecule has 0 radical (unpaired) electrons. The summed E-state index contributed by atoms with van der Waals surface area (Å²) < 4.78 is 0. The van der Waals surface area contributed by atoms with Crippen molar-refractivity contribution in [3.63, 3.8) is 0 Å². The van der Waals surface area contributed by atoms with E-state index in [1.165, 1.54) is 44.7 Å². The van der Waals surface area contributed by atoms with Crippen molar-refractivity contribution >= 4 is 29.1 Å². The number of rotatable bonds is 5. The zero-order valence-corrected chi connectivity index (χ0v) is 15.0. The average molecular weight is 362 g/mol. The molecular formula is C19H24ClN3O2. The Labute approximate surface area is 152 Å². The van der Waals surface area contributed by atoms with Crippen LogP contribution >= 0.6 is 11.6 Å². The van der Waals surface area contributed by atoms with Crippen LogP contribution in [0.5, 0.6) is 0 Å². The predicted octanol–water partition coefficient (Wildman–Crippen LogP) is 3.40. The molecule has 4 bridgehead atoms. The first-order valence-electron chi connectivity index (χ1n) is 9.18. The molecule has 134 valence electrons. The highest BCUT2D eigenvalue weighted by molar-refractivity contribution is 6.29. The maximum absolute atomic E-state index is 12.4. The molecule has 0 aromatic carbocycles. The minimum atomic E-state index is -0.247. The first-order chi connectivity index (χ1) is 12.0. The van der Waals surface area contributed by atoms with Gasteiger partial charge in [-0.3, -0.25) is 9.59 Å². The van der Waals surface area contributed by atoms with E-state index in [2.05, 4.69) is 15.6 Å². The molecule has 4 saturated carbocycles. The number of anilines is 1. The Hall–Kier alpha value is -1.62. The molecular weight excluding hydrogens is 338 g/mol. The topological polar surface area (TPSA) is 71.1 Å². The summed E-state index contributed by atoms with van der Waals surface area (Å²) in [6.07, 6.45) is 9.80. The Morgan fingerprint density at radius 2 is 1.72 bits per heavy atom. The van der Waals surface area contributed by atoms with Gasteiger partial charge in [0.05, 0.1) is 18.4 Å². The van der Waals surface area contributed by atoms with Crippen LogP contribution in [-0.2, 0) is 9.59 Å². The van der Waals surface area contributed by atoms with Crippen molar-refractivity contribution in [2.24, 2.45) is 23.2 Å². The number of amides is 2. The molecule has 1 aromatic heterocycles. The van der Waals surface area contributed by atoms with Gasteiger partial charge in [0.25, 0.3) is 0 Å². The van der Waals surface area contributed by atoms with Crippen molar-refractivity contribution in [3.05, 3.63) is 23.5 Å². The summed E-state index contributed by atoms with van der Waals surface area (Å²) >= 11 is 5.72. The van der Waals surface area contributed by atoms with E-state index in [4.69, 9.17) is 11.6 Å². The Morgan fingerprint density at radius 1 is 1.08 bits per heavy atom. The second-order valence-corrected chi connectivity index (χ2v) is 8.68. The first-order valence-corrected chi connectivity index (χ1v) is 9.56. The van der Waals surface area contributed by atoms with Crippen LogP contribution in [0.25, 0.3) is 0 Å². The fourth-order valence-corrected chi connectivity index (χ4v) is 5.86. The van der Waals surface area contributed by atoms with Gasteiger partial charge in [-0.2, -0.15) is 0 Å². The van der Waals surface area contributed by atoms with Gasteiger partial charge in [-0.15, -0.1) is 0 Å². The van der Waals surface area contributed by atoms with E-state index in [9.17, 15) is 9.59 Å². The molecule has 0 spiro atoms. The SMILES string of the molecule is O=C(CC12CC3CC(CC(C3)C1)C2)NCC(=O)Nc1ccc(Cl)nc1. The fraction of sp³-hybridized carbons (Fsp3) is 0.632. The highest BCUT2D eigenvalue weighted by Gasteiger charge is 2.51. The normalized spacial score (nSPS) is 32.4. The van der Waals surface area contributed by atoms with Crippen molar-refractivity contribution in [2.45, 2.75) is 44.9 Å². The summed E-state index contributed by atoms with van der Waals surface area (Å²) in [6.45, 7) is -0.00613. The molecule has 25 heavy (non-hydrogen) atoms. The Balaban J connectivity index is 1.26. The van der Waals surface area contributed by atoms with Gasteiger partial charge in [0.2, 0.25) is 11.8 Å². The second kappa shape index (κ2) is 6.60. The summed E-state index contributed by atoms with van der Waals surface area (Å²) in [6, 6.07) is 3.30. The van der Waals surface area contributed by atoms with Crippen molar-refractivity contribution < 1.29 is 9.59 Å². The summed E-state index contributed by atoms with van der Waals surface area (Å²) in [4.78, 5) is 28.3. The molecule has 0 unspecified atom stereocenters.